The summed E-state index contributed by atoms with van der Waals surface area (Å²) in [5, 5.41) is 9.36. The maximum atomic E-state index is 8.89. The fourth-order valence-corrected chi connectivity index (χ4v) is 1.73. The molecule has 0 aliphatic rings. The lowest BCUT2D eigenvalue weighted by atomic mass is 10.3. The highest BCUT2D eigenvalue weighted by molar-refractivity contribution is 9.10. The highest BCUT2D eigenvalue weighted by atomic mass is 79.9. The molecule has 0 saturated heterocycles. The number of pyridine rings is 1. The molecule has 1 heterocycles. The highest BCUT2D eigenvalue weighted by Gasteiger charge is 2.08. The maximum Gasteiger partial charge on any atom is 0.183 e. The lowest BCUT2D eigenvalue weighted by Gasteiger charge is -2.08. The van der Waals surface area contributed by atoms with Crippen LogP contribution in [-0.4, -0.2) is 4.98 Å². The van der Waals surface area contributed by atoms with Gasteiger partial charge < -0.3 is 4.74 Å². The summed E-state index contributed by atoms with van der Waals surface area (Å²) in [7, 11) is 0. The van der Waals surface area contributed by atoms with Gasteiger partial charge in [0.1, 0.15) is 11.8 Å². The van der Waals surface area contributed by atoms with Gasteiger partial charge in [-0.25, -0.2) is 4.98 Å². The maximum absolute atomic E-state index is 8.89. The number of hydrogen-bond donors (Lipinski definition) is 0. The fourth-order valence-electron chi connectivity index (χ4n) is 1.23. The van der Waals surface area contributed by atoms with E-state index in [1.165, 1.54) is 6.20 Å². The monoisotopic (exact) mass is 308 g/mol. The number of nitriles is 1. The molecule has 1 aromatic heterocycles. The Hall–Kier alpha value is -1.57. The van der Waals surface area contributed by atoms with Crippen LogP contribution in [0.2, 0.25) is 5.02 Å². The van der Waals surface area contributed by atoms with E-state index in [1.54, 1.807) is 24.3 Å². The molecule has 0 radical (unpaired) electrons. The van der Waals surface area contributed by atoms with Crippen LogP contribution in [0.5, 0.6) is 11.5 Å². The highest BCUT2D eigenvalue weighted by Crippen LogP contribution is 2.32. The third kappa shape index (κ3) is 2.76. The van der Waals surface area contributed by atoms with E-state index in [-0.39, 0.29) is 5.69 Å². The topological polar surface area (TPSA) is 45.9 Å². The second-order valence-electron chi connectivity index (χ2n) is 3.14. The summed E-state index contributed by atoms with van der Waals surface area (Å²) < 4.78 is 6.41. The number of ether oxygens (including phenoxy) is 1. The largest absolute Gasteiger partial charge is 0.453 e. The number of aromatic nitrogens is 1. The molecule has 17 heavy (non-hydrogen) atoms. The number of halogens is 2. The van der Waals surface area contributed by atoms with Crippen molar-refractivity contribution in [2.75, 3.05) is 0 Å². The smallest absolute Gasteiger partial charge is 0.183 e. The summed E-state index contributed by atoms with van der Waals surface area (Å²) in [6.45, 7) is 0. The summed E-state index contributed by atoms with van der Waals surface area (Å²) in [4.78, 5) is 3.90. The lowest BCUT2D eigenvalue weighted by molar-refractivity contribution is 0.478. The van der Waals surface area contributed by atoms with Crippen LogP contribution in [0.15, 0.2) is 41.0 Å². The van der Waals surface area contributed by atoms with Crippen LogP contribution in [0, 0.1) is 11.3 Å². The molecule has 3 nitrogen and oxygen atoms in total. The first-order chi connectivity index (χ1) is 8.20. The van der Waals surface area contributed by atoms with Crippen LogP contribution in [0.3, 0.4) is 0 Å². The van der Waals surface area contributed by atoms with Crippen molar-refractivity contribution < 1.29 is 4.74 Å². The average molecular weight is 310 g/mol. The van der Waals surface area contributed by atoms with Crippen molar-refractivity contribution in [1.82, 2.24) is 4.98 Å². The van der Waals surface area contributed by atoms with Crippen molar-refractivity contribution in [1.29, 1.82) is 5.26 Å². The molecule has 84 valence electrons. The van der Waals surface area contributed by atoms with Crippen LogP contribution in [-0.2, 0) is 0 Å². The molecule has 0 unspecified atom stereocenters. The van der Waals surface area contributed by atoms with Gasteiger partial charge in [0.15, 0.2) is 11.4 Å². The zero-order chi connectivity index (χ0) is 12.3. The number of hydrogen-bond acceptors (Lipinski definition) is 3. The molecule has 2 aromatic rings. The fraction of sp³-hybridized carbons (Fsp3) is 0. The second-order valence-corrected chi connectivity index (χ2v) is 4.46. The average Bonchev–Trinajstić information content (AvgIpc) is 2.34. The first-order valence-electron chi connectivity index (χ1n) is 4.69. The zero-order valence-electron chi connectivity index (χ0n) is 8.52. The third-order valence-electron chi connectivity index (χ3n) is 1.99. The van der Waals surface area contributed by atoms with Gasteiger partial charge in [0, 0.05) is 10.7 Å². The van der Waals surface area contributed by atoms with Crippen LogP contribution in [0.4, 0.5) is 0 Å². The lowest BCUT2D eigenvalue weighted by Crippen LogP contribution is -1.91. The van der Waals surface area contributed by atoms with E-state index in [0.717, 1.165) is 4.47 Å². The zero-order valence-corrected chi connectivity index (χ0v) is 10.9. The molecular weight excluding hydrogens is 304 g/mol. The molecule has 1 aromatic carbocycles. The van der Waals surface area contributed by atoms with Gasteiger partial charge in [-0.05, 0) is 30.3 Å². The van der Waals surface area contributed by atoms with Crippen LogP contribution in [0.25, 0.3) is 0 Å². The number of nitrogens with zero attached hydrogens (tertiary/aromatic N) is 2. The Labute approximate surface area is 112 Å². The standard InChI is InChI=1S/C12H6BrClN2O/c13-8-3-4-9(14)12(6-8)17-11-2-1-5-16-10(11)7-15/h1-6H. The minimum Gasteiger partial charge on any atom is -0.453 e. The Kier molecular flexibility index (Phi) is 3.62. The molecule has 0 aliphatic carbocycles. The van der Waals surface area contributed by atoms with Crippen LogP contribution >= 0.6 is 27.5 Å². The van der Waals surface area contributed by atoms with Gasteiger partial charge in [-0.15, -0.1) is 0 Å². The van der Waals surface area contributed by atoms with Gasteiger partial charge in [0.25, 0.3) is 0 Å². The molecule has 0 aliphatic heterocycles. The summed E-state index contributed by atoms with van der Waals surface area (Å²) >= 11 is 9.32. The van der Waals surface area contributed by atoms with Crippen molar-refractivity contribution in [2.45, 2.75) is 0 Å². The summed E-state index contributed by atoms with van der Waals surface area (Å²) in [6, 6.07) is 10.6. The molecular formula is C12H6BrClN2O. The molecule has 2 rings (SSSR count). The molecule has 0 saturated carbocycles. The van der Waals surface area contributed by atoms with E-state index in [0.29, 0.717) is 16.5 Å². The predicted octanol–water partition coefficient (Wildman–Crippen LogP) is 4.16. The summed E-state index contributed by atoms with van der Waals surface area (Å²) in [6.07, 6.45) is 1.54. The Morgan fingerprint density at radius 2 is 2.12 bits per heavy atom. The van der Waals surface area contributed by atoms with Crippen LogP contribution in [0.1, 0.15) is 5.69 Å². The summed E-state index contributed by atoms with van der Waals surface area (Å²) in [5.74, 6) is 0.862. The van der Waals surface area contributed by atoms with Gasteiger partial charge in [-0.2, -0.15) is 5.26 Å². The predicted molar refractivity (Wildman–Crippen MR) is 68.2 cm³/mol. The van der Waals surface area contributed by atoms with Crippen molar-refractivity contribution in [3.05, 3.63) is 51.7 Å². The summed E-state index contributed by atoms with van der Waals surface area (Å²) in [5.41, 5.74) is 0.226. The Balaban J connectivity index is 2.38. The minimum absolute atomic E-state index is 0.226. The SMILES string of the molecule is N#Cc1ncccc1Oc1cc(Br)ccc1Cl. The first-order valence-corrected chi connectivity index (χ1v) is 5.86. The first kappa shape index (κ1) is 11.9. The van der Waals surface area contributed by atoms with E-state index in [1.807, 2.05) is 12.1 Å². The van der Waals surface area contributed by atoms with Crippen LogP contribution < -0.4 is 4.74 Å². The second kappa shape index (κ2) is 5.17. The van der Waals surface area contributed by atoms with E-state index in [2.05, 4.69) is 20.9 Å². The van der Waals surface area contributed by atoms with Gasteiger partial charge in [0.05, 0.1) is 5.02 Å². The van der Waals surface area contributed by atoms with E-state index in [9.17, 15) is 0 Å². The van der Waals surface area contributed by atoms with E-state index < -0.39 is 0 Å². The van der Waals surface area contributed by atoms with Crippen molar-refractivity contribution in [3.63, 3.8) is 0 Å². The number of rotatable bonds is 2. The normalized spacial score (nSPS) is 9.71. The van der Waals surface area contributed by atoms with Crippen molar-refractivity contribution in [3.8, 4) is 17.6 Å². The molecule has 0 atom stereocenters. The van der Waals surface area contributed by atoms with Crippen molar-refractivity contribution in [2.24, 2.45) is 0 Å². The number of benzene rings is 1. The Morgan fingerprint density at radius 1 is 1.29 bits per heavy atom. The minimum atomic E-state index is 0.226. The molecule has 5 heteroatoms. The van der Waals surface area contributed by atoms with Gasteiger partial charge in [0.2, 0.25) is 0 Å². The molecule has 0 bridgehead atoms. The Bertz CT molecular complexity index is 595. The van der Waals surface area contributed by atoms with Gasteiger partial charge >= 0.3 is 0 Å². The van der Waals surface area contributed by atoms with Gasteiger partial charge in [-0.1, -0.05) is 27.5 Å². The molecule has 0 amide bonds. The Morgan fingerprint density at radius 3 is 2.88 bits per heavy atom. The van der Waals surface area contributed by atoms with Gasteiger partial charge in [-0.3, -0.25) is 0 Å². The molecule has 0 spiro atoms. The molecule has 0 N–H and O–H groups in total. The third-order valence-corrected chi connectivity index (χ3v) is 2.80. The molecule has 0 fully saturated rings. The van der Waals surface area contributed by atoms with Crippen molar-refractivity contribution >= 4 is 27.5 Å². The van der Waals surface area contributed by atoms with E-state index >= 15 is 0 Å². The quantitative estimate of drug-likeness (QED) is 0.836. The van der Waals surface area contributed by atoms with E-state index in [4.69, 9.17) is 21.6 Å².